The van der Waals surface area contributed by atoms with Gasteiger partial charge in [0.05, 0.1) is 18.5 Å². The number of ether oxygens (including phenoxy) is 1. The van der Waals surface area contributed by atoms with Gasteiger partial charge in [-0.3, -0.25) is 0 Å². The number of hydrogen-bond donors (Lipinski definition) is 2. The number of anilines is 2. The number of halogens is 3. The van der Waals surface area contributed by atoms with Crippen molar-refractivity contribution in [1.29, 1.82) is 10.5 Å². The van der Waals surface area contributed by atoms with Gasteiger partial charge in [-0.15, -0.1) is 5.10 Å². The molecular formula is C22H17F3N8O. The zero-order valence-corrected chi connectivity index (χ0v) is 17.7. The highest BCUT2D eigenvalue weighted by Crippen LogP contribution is 2.34. The second-order valence-electron chi connectivity index (χ2n) is 6.59. The number of methoxy groups -OCH3 is 1. The van der Waals surface area contributed by atoms with Crippen molar-refractivity contribution in [3.8, 4) is 29.4 Å². The SMILES string of the molecule is COc1nn(-c2ccccc2)c(N)c1C#N.N#Cc1c(C(F)(F)F)nn(-c2ccccc2)c1N. The topological polar surface area (TPSA) is 144 Å². The molecule has 9 nitrogen and oxygen atoms in total. The molecule has 0 aliphatic heterocycles. The summed E-state index contributed by atoms with van der Waals surface area (Å²) in [7, 11) is 1.46. The molecule has 0 bridgehead atoms. The first kappa shape index (κ1) is 23.7. The van der Waals surface area contributed by atoms with Crippen molar-refractivity contribution in [2.24, 2.45) is 0 Å². The Morgan fingerprint density at radius 2 is 1.24 bits per heavy atom. The van der Waals surface area contributed by atoms with E-state index >= 15 is 0 Å². The van der Waals surface area contributed by atoms with Crippen LogP contribution >= 0.6 is 0 Å². The molecule has 2 aromatic carbocycles. The smallest absolute Gasteiger partial charge is 0.436 e. The predicted molar refractivity (Wildman–Crippen MR) is 117 cm³/mol. The Kier molecular flexibility index (Phi) is 6.73. The number of nitriles is 2. The highest BCUT2D eigenvalue weighted by Gasteiger charge is 2.39. The van der Waals surface area contributed by atoms with Gasteiger partial charge in [-0.2, -0.15) is 28.8 Å². The van der Waals surface area contributed by atoms with E-state index in [0.29, 0.717) is 5.69 Å². The highest BCUT2D eigenvalue weighted by molar-refractivity contribution is 5.59. The molecule has 0 amide bonds. The maximum atomic E-state index is 12.7. The lowest BCUT2D eigenvalue weighted by Gasteiger charge is -2.03. The molecule has 4 aromatic rings. The zero-order chi connectivity index (χ0) is 24.9. The molecule has 0 radical (unpaired) electrons. The Labute approximate surface area is 191 Å². The van der Waals surface area contributed by atoms with Gasteiger partial charge in [0.15, 0.2) is 11.3 Å². The van der Waals surface area contributed by atoms with Gasteiger partial charge in [-0.25, -0.2) is 9.36 Å². The molecule has 2 aromatic heterocycles. The fraction of sp³-hybridized carbons (Fsp3) is 0.0909. The number of para-hydroxylation sites is 2. The van der Waals surface area contributed by atoms with E-state index in [9.17, 15) is 13.2 Å². The molecule has 34 heavy (non-hydrogen) atoms. The first-order valence-electron chi connectivity index (χ1n) is 9.52. The average molecular weight is 466 g/mol. The number of aromatic nitrogens is 4. The molecule has 0 aliphatic carbocycles. The van der Waals surface area contributed by atoms with Crippen molar-refractivity contribution >= 4 is 11.6 Å². The molecule has 2 heterocycles. The van der Waals surface area contributed by atoms with Gasteiger partial charge in [-0.05, 0) is 24.3 Å². The van der Waals surface area contributed by atoms with Crippen LogP contribution in [0.25, 0.3) is 11.4 Å². The van der Waals surface area contributed by atoms with Gasteiger partial charge in [-0.1, -0.05) is 36.4 Å². The second-order valence-corrected chi connectivity index (χ2v) is 6.59. The third kappa shape index (κ3) is 4.61. The Morgan fingerprint density at radius 3 is 1.59 bits per heavy atom. The standard InChI is InChI=1S/C11H7F3N4.C11H10N4O/c12-11(13,14)9-8(6-15)10(16)18(17-9)7-4-2-1-3-5-7;1-16-11-9(7-12)10(13)15(14-11)8-5-3-2-4-6-8/h1-5H,16H2;2-6H,13H2,1H3. The maximum absolute atomic E-state index is 12.7. The van der Waals surface area contributed by atoms with E-state index in [1.165, 1.54) is 17.9 Å². The third-order valence-corrected chi connectivity index (χ3v) is 4.50. The number of nitrogens with two attached hydrogens (primary N) is 2. The molecule has 4 rings (SSSR count). The minimum absolute atomic E-state index is 0.240. The van der Waals surface area contributed by atoms with Crippen LogP contribution in [0.15, 0.2) is 60.7 Å². The number of hydrogen-bond acceptors (Lipinski definition) is 7. The summed E-state index contributed by atoms with van der Waals surface area (Å²) in [4.78, 5) is 0. The maximum Gasteiger partial charge on any atom is 0.436 e. The van der Waals surface area contributed by atoms with Gasteiger partial charge in [0.2, 0.25) is 0 Å². The minimum atomic E-state index is -4.71. The lowest BCUT2D eigenvalue weighted by molar-refractivity contribution is -0.141. The molecular weight excluding hydrogens is 449 g/mol. The Bertz CT molecular complexity index is 1360. The van der Waals surface area contributed by atoms with Crippen molar-refractivity contribution in [1.82, 2.24) is 19.6 Å². The lowest BCUT2D eigenvalue weighted by atomic mass is 10.2. The molecule has 0 saturated carbocycles. The van der Waals surface area contributed by atoms with Crippen LogP contribution in [-0.2, 0) is 6.18 Å². The monoisotopic (exact) mass is 466 g/mol. The highest BCUT2D eigenvalue weighted by atomic mass is 19.4. The van der Waals surface area contributed by atoms with Gasteiger partial charge in [0, 0.05) is 0 Å². The summed E-state index contributed by atoms with van der Waals surface area (Å²) < 4.78 is 45.4. The summed E-state index contributed by atoms with van der Waals surface area (Å²) in [5, 5.41) is 25.1. The molecule has 0 saturated heterocycles. The van der Waals surface area contributed by atoms with E-state index in [-0.39, 0.29) is 23.1 Å². The fourth-order valence-corrected chi connectivity index (χ4v) is 2.93. The van der Waals surface area contributed by atoms with Crippen LogP contribution < -0.4 is 16.2 Å². The molecule has 172 valence electrons. The van der Waals surface area contributed by atoms with Gasteiger partial charge < -0.3 is 16.2 Å². The van der Waals surface area contributed by atoms with Crippen LogP contribution in [0.4, 0.5) is 24.8 Å². The van der Waals surface area contributed by atoms with Crippen LogP contribution in [0.2, 0.25) is 0 Å². The largest absolute Gasteiger partial charge is 0.479 e. The summed E-state index contributed by atoms with van der Waals surface area (Å²) in [5.74, 6) is 0.199. The second kappa shape index (κ2) is 9.67. The minimum Gasteiger partial charge on any atom is -0.479 e. The Balaban J connectivity index is 0.000000192. The molecule has 0 atom stereocenters. The number of benzene rings is 2. The van der Waals surface area contributed by atoms with Crippen molar-refractivity contribution < 1.29 is 17.9 Å². The van der Waals surface area contributed by atoms with Crippen molar-refractivity contribution in [2.75, 3.05) is 18.6 Å². The van der Waals surface area contributed by atoms with Crippen molar-refractivity contribution in [3.63, 3.8) is 0 Å². The molecule has 0 aliphatic rings. The number of nitrogens with zero attached hydrogens (tertiary/aromatic N) is 6. The van der Waals surface area contributed by atoms with Crippen LogP contribution in [0.3, 0.4) is 0 Å². The molecule has 12 heteroatoms. The normalized spacial score (nSPS) is 10.5. The average Bonchev–Trinajstić information content (AvgIpc) is 3.36. The van der Waals surface area contributed by atoms with E-state index in [1.54, 1.807) is 30.3 Å². The lowest BCUT2D eigenvalue weighted by Crippen LogP contribution is -2.08. The fourth-order valence-electron chi connectivity index (χ4n) is 2.93. The molecule has 4 N–H and O–H groups in total. The molecule has 0 unspecified atom stereocenters. The van der Waals surface area contributed by atoms with E-state index in [1.807, 2.05) is 36.4 Å². The van der Waals surface area contributed by atoms with Crippen LogP contribution in [0.1, 0.15) is 16.8 Å². The zero-order valence-electron chi connectivity index (χ0n) is 17.7. The number of nitrogen functional groups attached to an aromatic ring is 2. The van der Waals surface area contributed by atoms with Crippen LogP contribution in [-0.4, -0.2) is 26.7 Å². The first-order valence-corrected chi connectivity index (χ1v) is 9.52. The Morgan fingerprint density at radius 1 is 0.794 bits per heavy atom. The van der Waals surface area contributed by atoms with Gasteiger partial charge in [0.1, 0.15) is 29.3 Å². The summed E-state index contributed by atoms with van der Waals surface area (Å²) in [5.41, 5.74) is 10.8. The molecule has 0 spiro atoms. The van der Waals surface area contributed by atoms with Gasteiger partial charge in [0.25, 0.3) is 5.88 Å². The number of rotatable bonds is 3. The number of alkyl halides is 3. The summed E-state index contributed by atoms with van der Waals surface area (Å²) in [6, 6.07) is 20.8. The summed E-state index contributed by atoms with van der Waals surface area (Å²) in [6.07, 6.45) is -4.71. The van der Waals surface area contributed by atoms with E-state index in [4.69, 9.17) is 26.7 Å². The van der Waals surface area contributed by atoms with Crippen LogP contribution in [0.5, 0.6) is 5.88 Å². The quantitative estimate of drug-likeness (QED) is 0.468. The summed E-state index contributed by atoms with van der Waals surface area (Å²) in [6.45, 7) is 0. The van der Waals surface area contributed by atoms with E-state index < -0.39 is 17.4 Å². The van der Waals surface area contributed by atoms with E-state index in [0.717, 1.165) is 10.4 Å². The third-order valence-electron chi connectivity index (χ3n) is 4.50. The summed E-state index contributed by atoms with van der Waals surface area (Å²) >= 11 is 0. The van der Waals surface area contributed by atoms with Gasteiger partial charge >= 0.3 is 6.18 Å². The van der Waals surface area contributed by atoms with Crippen LogP contribution in [0, 0.1) is 22.7 Å². The van der Waals surface area contributed by atoms with Crippen molar-refractivity contribution in [3.05, 3.63) is 77.5 Å². The van der Waals surface area contributed by atoms with E-state index in [2.05, 4.69) is 10.2 Å². The Hall–Kier alpha value is -4.97. The van der Waals surface area contributed by atoms with Crippen molar-refractivity contribution in [2.45, 2.75) is 6.18 Å². The first-order chi connectivity index (χ1) is 16.2. The molecule has 0 fully saturated rings. The predicted octanol–water partition coefficient (Wildman–Crippen LogP) is 3.68.